The molecule has 1 aliphatic heterocycles. The van der Waals surface area contributed by atoms with Gasteiger partial charge in [-0.3, -0.25) is 4.99 Å². The third-order valence-electron chi connectivity index (χ3n) is 4.50. The maximum absolute atomic E-state index is 13.4. The average molecular weight is 355 g/mol. The third-order valence-corrected chi connectivity index (χ3v) is 4.50. The first kappa shape index (κ1) is 19.6. The van der Waals surface area contributed by atoms with Gasteiger partial charge in [-0.05, 0) is 31.5 Å². The van der Waals surface area contributed by atoms with Crippen molar-refractivity contribution in [1.82, 2.24) is 10.6 Å². The van der Waals surface area contributed by atoms with Crippen LogP contribution in [0.2, 0.25) is 0 Å². The number of benzene rings is 1. The largest absolute Gasteiger partial charge is 0.381 e. The normalized spacial score (nSPS) is 18.7. The van der Waals surface area contributed by atoms with E-state index in [9.17, 15) is 8.78 Å². The van der Waals surface area contributed by atoms with Gasteiger partial charge in [0.25, 0.3) is 0 Å². The zero-order valence-electron chi connectivity index (χ0n) is 15.1. The molecule has 0 amide bonds. The SMILES string of the molecule is CCNC(=NCC1(OC)CCOCC1)NC(C)c1ccc(F)c(F)c1. The molecule has 1 unspecified atom stereocenters. The molecule has 1 heterocycles. The molecule has 1 aromatic rings. The van der Waals surface area contributed by atoms with Crippen molar-refractivity contribution in [2.75, 3.05) is 33.4 Å². The number of nitrogens with one attached hydrogen (secondary N) is 2. The Morgan fingerprint density at radius 3 is 2.64 bits per heavy atom. The van der Waals surface area contributed by atoms with Crippen molar-refractivity contribution in [1.29, 1.82) is 0 Å². The van der Waals surface area contributed by atoms with E-state index in [1.165, 1.54) is 6.07 Å². The summed E-state index contributed by atoms with van der Waals surface area (Å²) < 4.78 is 37.6. The molecular weight excluding hydrogens is 328 g/mol. The first-order valence-corrected chi connectivity index (χ1v) is 8.62. The quantitative estimate of drug-likeness (QED) is 0.609. The molecule has 140 valence electrons. The van der Waals surface area contributed by atoms with Crippen LogP contribution >= 0.6 is 0 Å². The number of ether oxygens (including phenoxy) is 2. The number of halogens is 2. The lowest BCUT2D eigenvalue weighted by Gasteiger charge is -2.34. The Morgan fingerprint density at radius 2 is 2.04 bits per heavy atom. The number of hydrogen-bond donors (Lipinski definition) is 2. The average Bonchev–Trinajstić information content (AvgIpc) is 2.63. The van der Waals surface area contributed by atoms with Gasteiger partial charge >= 0.3 is 0 Å². The minimum absolute atomic E-state index is 0.221. The molecule has 25 heavy (non-hydrogen) atoms. The summed E-state index contributed by atoms with van der Waals surface area (Å²) in [5.41, 5.74) is 0.336. The van der Waals surface area contributed by atoms with Crippen LogP contribution in [0.4, 0.5) is 8.78 Å². The Hall–Kier alpha value is -1.73. The van der Waals surface area contributed by atoms with Crippen LogP contribution in [0.1, 0.15) is 38.3 Å². The summed E-state index contributed by atoms with van der Waals surface area (Å²) in [4.78, 5) is 4.63. The van der Waals surface area contributed by atoms with Crippen LogP contribution in [0.3, 0.4) is 0 Å². The number of hydrogen-bond acceptors (Lipinski definition) is 3. The predicted octanol–water partition coefficient (Wildman–Crippen LogP) is 2.78. The van der Waals surface area contributed by atoms with E-state index < -0.39 is 11.6 Å². The van der Waals surface area contributed by atoms with Crippen molar-refractivity contribution in [2.45, 2.75) is 38.3 Å². The highest BCUT2D eigenvalue weighted by atomic mass is 19.2. The Balaban J connectivity index is 2.06. The standard InChI is InChI=1S/C18H27F2N3O2/c1-4-21-17(22-12-18(24-3)7-9-25-10-8-18)23-13(2)14-5-6-15(19)16(20)11-14/h5-6,11,13H,4,7-10,12H2,1-3H3,(H2,21,22,23). The molecule has 0 saturated carbocycles. The van der Waals surface area contributed by atoms with Gasteiger partial charge in [0.1, 0.15) is 0 Å². The molecule has 0 aliphatic carbocycles. The minimum Gasteiger partial charge on any atom is -0.381 e. The van der Waals surface area contributed by atoms with Crippen molar-refractivity contribution in [3.05, 3.63) is 35.4 Å². The molecule has 0 aromatic heterocycles. The number of methoxy groups -OCH3 is 1. The lowest BCUT2D eigenvalue weighted by atomic mass is 9.94. The number of guanidine groups is 1. The fourth-order valence-electron chi connectivity index (χ4n) is 2.78. The molecule has 1 fully saturated rings. The Labute approximate surface area is 147 Å². The van der Waals surface area contributed by atoms with Crippen molar-refractivity contribution >= 4 is 5.96 Å². The summed E-state index contributed by atoms with van der Waals surface area (Å²) in [5, 5.41) is 6.40. The number of aliphatic imine (C=N–C) groups is 1. The van der Waals surface area contributed by atoms with Gasteiger partial charge in [-0.15, -0.1) is 0 Å². The van der Waals surface area contributed by atoms with E-state index in [-0.39, 0.29) is 11.6 Å². The van der Waals surface area contributed by atoms with Crippen LogP contribution < -0.4 is 10.6 Å². The second kappa shape index (κ2) is 9.10. The van der Waals surface area contributed by atoms with Crippen molar-refractivity contribution in [3.63, 3.8) is 0 Å². The van der Waals surface area contributed by atoms with E-state index in [1.54, 1.807) is 13.2 Å². The maximum Gasteiger partial charge on any atom is 0.191 e. The lowest BCUT2D eigenvalue weighted by Crippen LogP contribution is -2.44. The number of rotatable bonds is 6. The van der Waals surface area contributed by atoms with Gasteiger partial charge in [0.05, 0.1) is 18.2 Å². The van der Waals surface area contributed by atoms with E-state index in [0.717, 1.165) is 18.9 Å². The van der Waals surface area contributed by atoms with E-state index >= 15 is 0 Å². The fraction of sp³-hybridized carbons (Fsp3) is 0.611. The van der Waals surface area contributed by atoms with Crippen LogP contribution in [-0.4, -0.2) is 45.0 Å². The molecule has 2 N–H and O–H groups in total. The highest BCUT2D eigenvalue weighted by Crippen LogP contribution is 2.24. The first-order valence-electron chi connectivity index (χ1n) is 8.62. The molecule has 1 aliphatic rings. The molecule has 1 aromatic carbocycles. The molecular formula is C18H27F2N3O2. The summed E-state index contributed by atoms with van der Waals surface area (Å²) >= 11 is 0. The van der Waals surface area contributed by atoms with Gasteiger partial charge in [0.2, 0.25) is 0 Å². The second-order valence-corrected chi connectivity index (χ2v) is 6.23. The smallest absolute Gasteiger partial charge is 0.191 e. The fourth-order valence-corrected chi connectivity index (χ4v) is 2.78. The first-order chi connectivity index (χ1) is 12.0. The Kier molecular flexibility index (Phi) is 7.13. The van der Waals surface area contributed by atoms with Gasteiger partial charge in [-0.2, -0.15) is 0 Å². The van der Waals surface area contributed by atoms with Crippen LogP contribution in [0, 0.1) is 11.6 Å². The van der Waals surface area contributed by atoms with Gasteiger partial charge < -0.3 is 20.1 Å². The lowest BCUT2D eigenvalue weighted by molar-refractivity contribution is -0.0828. The zero-order chi connectivity index (χ0) is 18.3. The highest BCUT2D eigenvalue weighted by Gasteiger charge is 2.32. The van der Waals surface area contributed by atoms with E-state index in [0.29, 0.717) is 37.8 Å². The molecule has 0 radical (unpaired) electrons. The summed E-state index contributed by atoms with van der Waals surface area (Å²) in [7, 11) is 1.70. The predicted molar refractivity (Wildman–Crippen MR) is 93.7 cm³/mol. The summed E-state index contributed by atoms with van der Waals surface area (Å²) in [6, 6.07) is 3.68. The van der Waals surface area contributed by atoms with E-state index in [1.807, 2.05) is 13.8 Å². The molecule has 2 rings (SSSR count). The van der Waals surface area contributed by atoms with Crippen LogP contribution in [0.25, 0.3) is 0 Å². The van der Waals surface area contributed by atoms with Crippen molar-refractivity contribution in [3.8, 4) is 0 Å². The second-order valence-electron chi connectivity index (χ2n) is 6.23. The summed E-state index contributed by atoms with van der Waals surface area (Å²) in [5.74, 6) is -1.09. The molecule has 7 heteroatoms. The van der Waals surface area contributed by atoms with Gasteiger partial charge in [-0.25, -0.2) is 8.78 Å². The van der Waals surface area contributed by atoms with E-state index in [2.05, 4.69) is 15.6 Å². The third kappa shape index (κ3) is 5.37. The Morgan fingerprint density at radius 1 is 1.32 bits per heavy atom. The Bertz CT molecular complexity index is 590. The molecule has 1 saturated heterocycles. The minimum atomic E-state index is -0.853. The number of nitrogens with zero attached hydrogens (tertiary/aromatic N) is 1. The molecule has 1 atom stereocenters. The molecule has 5 nitrogen and oxygen atoms in total. The van der Waals surface area contributed by atoms with Crippen LogP contribution in [0.5, 0.6) is 0 Å². The van der Waals surface area contributed by atoms with Crippen LogP contribution in [-0.2, 0) is 9.47 Å². The van der Waals surface area contributed by atoms with E-state index in [4.69, 9.17) is 9.47 Å². The topological polar surface area (TPSA) is 54.9 Å². The molecule has 0 bridgehead atoms. The molecule has 0 spiro atoms. The van der Waals surface area contributed by atoms with Gasteiger partial charge in [-0.1, -0.05) is 6.07 Å². The highest BCUT2D eigenvalue weighted by molar-refractivity contribution is 5.80. The summed E-state index contributed by atoms with van der Waals surface area (Å²) in [6.45, 7) is 6.38. The zero-order valence-corrected chi connectivity index (χ0v) is 15.1. The summed E-state index contributed by atoms with van der Waals surface area (Å²) in [6.07, 6.45) is 1.59. The van der Waals surface area contributed by atoms with Crippen molar-refractivity contribution in [2.24, 2.45) is 4.99 Å². The van der Waals surface area contributed by atoms with Crippen molar-refractivity contribution < 1.29 is 18.3 Å². The van der Waals surface area contributed by atoms with Crippen LogP contribution in [0.15, 0.2) is 23.2 Å². The van der Waals surface area contributed by atoms with Gasteiger partial charge in [0, 0.05) is 39.7 Å². The van der Waals surface area contributed by atoms with Gasteiger partial charge in [0.15, 0.2) is 17.6 Å². The monoisotopic (exact) mass is 355 g/mol. The maximum atomic E-state index is 13.4.